The van der Waals surface area contributed by atoms with Crippen LogP contribution in [0.1, 0.15) is 29.9 Å². The predicted octanol–water partition coefficient (Wildman–Crippen LogP) is 2.79. The van der Waals surface area contributed by atoms with Crippen LogP contribution in [0.5, 0.6) is 0 Å². The van der Waals surface area contributed by atoms with Crippen molar-refractivity contribution in [3.63, 3.8) is 0 Å². The van der Waals surface area contributed by atoms with Crippen LogP contribution in [0.4, 0.5) is 0 Å². The van der Waals surface area contributed by atoms with E-state index in [2.05, 4.69) is 57.5 Å². The first-order chi connectivity index (χ1) is 12.3. The van der Waals surface area contributed by atoms with Crippen LogP contribution in [-0.4, -0.2) is 36.5 Å². The summed E-state index contributed by atoms with van der Waals surface area (Å²) in [6, 6.07) is 13.2. The van der Waals surface area contributed by atoms with Gasteiger partial charge in [-0.3, -0.25) is 15.6 Å². The van der Waals surface area contributed by atoms with E-state index < -0.39 is 0 Å². The molecule has 1 amide bonds. The summed E-state index contributed by atoms with van der Waals surface area (Å²) in [5, 5.41) is 4.12. The van der Waals surface area contributed by atoms with Crippen molar-refractivity contribution in [2.24, 2.45) is 5.92 Å². The normalized spacial score (nSPS) is 26.7. The van der Waals surface area contributed by atoms with E-state index in [1.165, 1.54) is 12.0 Å². The molecule has 2 aliphatic rings. The van der Waals surface area contributed by atoms with Crippen molar-refractivity contribution >= 4 is 17.2 Å². The lowest BCUT2D eigenvalue weighted by molar-refractivity contribution is -0.132. The van der Waals surface area contributed by atoms with Crippen molar-refractivity contribution in [3.8, 4) is 0 Å². The molecule has 2 fully saturated rings. The van der Waals surface area contributed by atoms with Crippen LogP contribution in [0.15, 0.2) is 47.2 Å². The summed E-state index contributed by atoms with van der Waals surface area (Å²) in [6.45, 7) is 2.72. The molecule has 4 nitrogen and oxygen atoms in total. The summed E-state index contributed by atoms with van der Waals surface area (Å²) in [4.78, 5) is 14.7. The molecule has 3 atom stereocenters. The van der Waals surface area contributed by atoms with Crippen molar-refractivity contribution in [1.82, 2.24) is 15.8 Å². The number of benzene rings is 1. The van der Waals surface area contributed by atoms with Crippen molar-refractivity contribution in [3.05, 3.63) is 58.3 Å². The largest absolute Gasteiger partial charge is 0.342 e. The molecule has 0 bridgehead atoms. The second kappa shape index (κ2) is 7.68. The van der Waals surface area contributed by atoms with Crippen LogP contribution < -0.4 is 10.9 Å². The lowest BCUT2D eigenvalue weighted by Crippen LogP contribution is -2.48. The van der Waals surface area contributed by atoms with Gasteiger partial charge in [-0.1, -0.05) is 30.3 Å². The van der Waals surface area contributed by atoms with E-state index in [9.17, 15) is 4.79 Å². The van der Waals surface area contributed by atoms with Gasteiger partial charge in [0.15, 0.2) is 0 Å². The Morgan fingerprint density at radius 3 is 2.92 bits per heavy atom. The molecule has 5 heteroatoms. The molecule has 0 saturated carbocycles. The number of nitrogens with one attached hydrogen (secondary N) is 2. The SMILES string of the molecule is O=C(Cc1ccsc1)N1CCCC(C2NNCC2c2ccccc2)C1. The monoisotopic (exact) mass is 355 g/mol. The Morgan fingerprint density at radius 2 is 2.12 bits per heavy atom. The minimum absolute atomic E-state index is 0.269. The van der Waals surface area contributed by atoms with Gasteiger partial charge in [-0.15, -0.1) is 0 Å². The molecule has 2 aromatic rings. The number of hydrazine groups is 1. The zero-order chi connectivity index (χ0) is 17.1. The van der Waals surface area contributed by atoms with Crippen LogP contribution in [0.25, 0.3) is 0 Å². The summed E-state index contributed by atoms with van der Waals surface area (Å²) in [5.41, 5.74) is 9.36. The Bertz CT molecular complexity index is 688. The van der Waals surface area contributed by atoms with E-state index in [-0.39, 0.29) is 5.91 Å². The topological polar surface area (TPSA) is 44.4 Å². The molecular weight excluding hydrogens is 330 g/mol. The maximum absolute atomic E-state index is 12.7. The van der Waals surface area contributed by atoms with Crippen molar-refractivity contribution in [2.45, 2.75) is 31.2 Å². The maximum Gasteiger partial charge on any atom is 0.227 e. The number of rotatable bonds is 4. The first kappa shape index (κ1) is 16.8. The highest BCUT2D eigenvalue weighted by molar-refractivity contribution is 7.08. The summed E-state index contributed by atoms with van der Waals surface area (Å²) in [5.74, 6) is 1.24. The number of nitrogens with zero attached hydrogens (tertiary/aromatic N) is 1. The number of carbonyl (C=O) groups excluding carboxylic acids is 1. The molecule has 2 N–H and O–H groups in total. The summed E-state index contributed by atoms with van der Waals surface area (Å²) < 4.78 is 0. The molecule has 0 spiro atoms. The number of thiophene rings is 1. The maximum atomic E-state index is 12.7. The fraction of sp³-hybridized carbons (Fsp3) is 0.450. The Balaban J connectivity index is 1.42. The molecule has 25 heavy (non-hydrogen) atoms. The lowest BCUT2D eigenvalue weighted by atomic mass is 9.81. The third-order valence-corrected chi connectivity index (χ3v) is 6.24. The number of hydrogen-bond acceptors (Lipinski definition) is 4. The Kier molecular flexibility index (Phi) is 5.15. The Hall–Kier alpha value is -1.69. The first-order valence-corrected chi connectivity index (χ1v) is 10.1. The van der Waals surface area contributed by atoms with Crippen molar-refractivity contribution < 1.29 is 4.79 Å². The van der Waals surface area contributed by atoms with E-state index >= 15 is 0 Å². The molecule has 4 rings (SSSR count). The lowest BCUT2D eigenvalue weighted by Gasteiger charge is -2.37. The summed E-state index contributed by atoms with van der Waals surface area (Å²) in [6.07, 6.45) is 2.82. The summed E-state index contributed by atoms with van der Waals surface area (Å²) in [7, 11) is 0. The van der Waals surface area contributed by atoms with E-state index in [1.807, 2.05) is 5.38 Å². The van der Waals surface area contributed by atoms with Crippen LogP contribution in [-0.2, 0) is 11.2 Å². The van der Waals surface area contributed by atoms with Gasteiger partial charge in [0.25, 0.3) is 0 Å². The standard InChI is InChI=1S/C20H25N3OS/c24-19(11-15-8-10-25-14-15)23-9-4-7-17(13-23)20-18(12-21-22-20)16-5-2-1-3-6-16/h1-3,5-6,8,10,14,17-18,20-22H,4,7,9,11-13H2. The number of carbonyl (C=O) groups is 1. The molecule has 0 radical (unpaired) electrons. The smallest absolute Gasteiger partial charge is 0.227 e. The van der Waals surface area contributed by atoms with Crippen molar-refractivity contribution in [2.75, 3.05) is 19.6 Å². The zero-order valence-corrected chi connectivity index (χ0v) is 15.2. The number of piperidine rings is 1. The molecule has 3 unspecified atom stereocenters. The van der Waals surface area contributed by atoms with Gasteiger partial charge in [-0.25, -0.2) is 0 Å². The fourth-order valence-corrected chi connectivity index (χ4v) is 4.86. The highest BCUT2D eigenvalue weighted by atomic mass is 32.1. The Labute approximate surface area is 153 Å². The van der Waals surface area contributed by atoms with Crippen LogP contribution in [0.3, 0.4) is 0 Å². The van der Waals surface area contributed by atoms with E-state index in [1.54, 1.807) is 11.3 Å². The molecule has 2 saturated heterocycles. The minimum atomic E-state index is 0.269. The van der Waals surface area contributed by atoms with Gasteiger partial charge < -0.3 is 4.90 Å². The third-order valence-electron chi connectivity index (χ3n) is 5.51. The Morgan fingerprint density at radius 1 is 1.24 bits per heavy atom. The third kappa shape index (κ3) is 3.78. The fourth-order valence-electron chi connectivity index (χ4n) is 4.20. The minimum Gasteiger partial charge on any atom is -0.342 e. The molecule has 132 valence electrons. The van der Waals surface area contributed by atoms with Gasteiger partial charge in [-0.2, -0.15) is 11.3 Å². The van der Waals surface area contributed by atoms with Gasteiger partial charge in [0.1, 0.15) is 0 Å². The highest BCUT2D eigenvalue weighted by Gasteiger charge is 2.37. The molecule has 1 aromatic carbocycles. The van der Waals surface area contributed by atoms with Crippen LogP contribution >= 0.6 is 11.3 Å². The first-order valence-electron chi connectivity index (χ1n) is 9.13. The molecule has 3 heterocycles. The second-order valence-corrected chi connectivity index (χ2v) is 7.90. The molecule has 1 aromatic heterocycles. The zero-order valence-electron chi connectivity index (χ0n) is 14.4. The van der Waals surface area contributed by atoms with Crippen molar-refractivity contribution in [1.29, 1.82) is 0 Å². The second-order valence-electron chi connectivity index (χ2n) is 7.12. The van der Waals surface area contributed by atoms with Gasteiger partial charge in [0.2, 0.25) is 5.91 Å². The van der Waals surface area contributed by atoms with Gasteiger partial charge >= 0.3 is 0 Å². The average Bonchev–Trinajstić information content (AvgIpc) is 3.34. The quantitative estimate of drug-likeness (QED) is 0.886. The van der Waals surface area contributed by atoms with Gasteiger partial charge in [0.05, 0.1) is 6.42 Å². The van der Waals surface area contributed by atoms with Gasteiger partial charge in [0, 0.05) is 31.6 Å². The van der Waals surface area contributed by atoms with Gasteiger partial charge in [-0.05, 0) is 46.7 Å². The predicted molar refractivity (Wildman–Crippen MR) is 101 cm³/mol. The number of likely N-dealkylation sites (tertiary alicyclic amines) is 1. The molecule has 2 aliphatic heterocycles. The van der Waals surface area contributed by atoms with Crippen LogP contribution in [0, 0.1) is 5.92 Å². The molecule has 0 aliphatic carbocycles. The van der Waals surface area contributed by atoms with E-state index in [0.717, 1.165) is 31.6 Å². The van der Waals surface area contributed by atoms with E-state index in [0.29, 0.717) is 24.3 Å². The molecular formula is C20H25N3OS. The average molecular weight is 356 g/mol. The number of amides is 1. The van der Waals surface area contributed by atoms with Crippen LogP contribution in [0.2, 0.25) is 0 Å². The summed E-state index contributed by atoms with van der Waals surface area (Å²) >= 11 is 1.66. The van der Waals surface area contributed by atoms with E-state index in [4.69, 9.17) is 0 Å². The number of hydrogen-bond donors (Lipinski definition) is 2. The highest BCUT2D eigenvalue weighted by Crippen LogP contribution is 2.31.